The van der Waals surface area contributed by atoms with Crippen LogP contribution >= 0.6 is 27.3 Å². The second-order valence-electron chi connectivity index (χ2n) is 2.30. The van der Waals surface area contributed by atoms with E-state index >= 15 is 0 Å². The van der Waals surface area contributed by atoms with E-state index < -0.39 is 0 Å². The highest BCUT2D eigenvalue weighted by atomic mass is 79.9. The van der Waals surface area contributed by atoms with Crippen molar-refractivity contribution in [2.24, 2.45) is 0 Å². The highest BCUT2D eigenvalue weighted by Gasteiger charge is 2.00. The van der Waals surface area contributed by atoms with E-state index in [1.807, 2.05) is 11.3 Å². The normalized spacial score (nSPS) is 10.7. The van der Waals surface area contributed by atoms with Crippen molar-refractivity contribution in [2.75, 3.05) is 0 Å². The first-order valence-corrected chi connectivity index (χ1v) is 4.56. The van der Waals surface area contributed by atoms with Gasteiger partial charge in [0.1, 0.15) is 0 Å². The fourth-order valence-corrected chi connectivity index (χ4v) is 2.06. The van der Waals surface area contributed by atoms with E-state index in [4.69, 9.17) is 0 Å². The van der Waals surface area contributed by atoms with Gasteiger partial charge in [-0.05, 0) is 34.0 Å². The van der Waals surface area contributed by atoms with Crippen molar-refractivity contribution in [3.8, 4) is 0 Å². The zero-order valence-corrected chi connectivity index (χ0v) is 7.92. The lowest BCUT2D eigenvalue weighted by Crippen LogP contribution is -1.77. The van der Waals surface area contributed by atoms with Crippen LogP contribution in [-0.2, 0) is 0 Å². The topological polar surface area (TPSA) is 0 Å². The van der Waals surface area contributed by atoms with Crippen LogP contribution in [0.4, 0.5) is 0 Å². The molecule has 1 rings (SSSR count). The van der Waals surface area contributed by atoms with Crippen molar-refractivity contribution in [1.82, 2.24) is 0 Å². The Kier molecular flexibility index (Phi) is 2.30. The molecule has 1 aromatic rings. The van der Waals surface area contributed by atoms with Gasteiger partial charge in [0.15, 0.2) is 0 Å². The summed E-state index contributed by atoms with van der Waals surface area (Å²) in [7, 11) is 0. The number of hydrogen-bond acceptors (Lipinski definition) is 1. The first kappa shape index (κ1) is 7.29. The largest absolute Gasteiger partial charge is 0.133 e. The van der Waals surface area contributed by atoms with Crippen LogP contribution in [0.3, 0.4) is 0 Å². The minimum absolute atomic E-state index is 0.668. The van der Waals surface area contributed by atoms with Crippen molar-refractivity contribution in [3.05, 3.63) is 20.8 Å². The molecule has 2 heteroatoms. The minimum Gasteiger partial charge on any atom is -0.133 e. The third-order valence-electron chi connectivity index (χ3n) is 1.16. The lowest BCUT2D eigenvalue weighted by molar-refractivity contribution is 0.890. The highest BCUT2D eigenvalue weighted by Crippen LogP contribution is 2.27. The van der Waals surface area contributed by atoms with Gasteiger partial charge in [0.05, 0.1) is 3.79 Å². The maximum atomic E-state index is 3.42. The molecule has 0 unspecified atom stereocenters. The monoisotopic (exact) mass is 204 g/mol. The standard InChI is InChI=1S/C7H9BrS/c1-5(2)6-3-4-7(8)9-6/h3-5H,1-2H3. The van der Waals surface area contributed by atoms with Crippen LogP contribution in [0.15, 0.2) is 15.9 Å². The molecule has 0 atom stereocenters. The Morgan fingerprint density at radius 3 is 2.33 bits per heavy atom. The van der Waals surface area contributed by atoms with Crippen molar-refractivity contribution in [3.63, 3.8) is 0 Å². The van der Waals surface area contributed by atoms with Crippen LogP contribution in [0.25, 0.3) is 0 Å². The molecule has 0 N–H and O–H groups in total. The summed E-state index contributed by atoms with van der Waals surface area (Å²) in [5.74, 6) is 0.668. The van der Waals surface area contributed by atoms with Crippen molar-refractivity contribution >= 4 is 27.3 Å². The van der Waals surface area contributed by atoms with Gasteiger partial charge in [-0.1, -0.05) is 13.8 Å². The SMILES string of the molecule is CC(C)c1ccc(Br)s1. The fraction of sp³-hybridized carbons (Fsp3) is 0.429. The minimum atomic E-state index is 0.668. The maximum absolute atomic E-state index is 3.42. The summed E-state index contributed by atoms with van der Waals surface area (Å²) in [6, 6.07) is 4.26. The summed E-state index contributed by atoms with van der Waals surface area (Å²) in [6.45, 7) is 4.41. The molecule has 0 spiro atoms. The molecule has 0 saturated heterocycles. The van der Waals surface area contributed by atoms with E-state index in [2.05, 4.69) is 41.9 Å². The van der Waals surface area contributed by atoms with Gasteiger partial charge in [0.25, 0.3) is 0 Å². The van der Waals surface area contributed by atoms with Gasteiger partial charge in [-0.15, -0.1) is 11.3 Å². The Balaban J connectivity index is 2.85. The van der Waals surface area contributed by atoms with Gasteiger partial charge in [0, 0.05) is 4.88 Å². The molecular weight excluding hydrogens is 196 g/mol. The molecule has 0 amide bonds. The predicted octanol–water partition coefficient (Wildman–Crippen LogP) is 3.63. The highest BCUT2D eigenvalue weighted by molar-refractivity contribution is 9.11. The molecule has 0 radical (unpaired) electrons. The lowest BCUT2D eigenvalue weighted by Gasteiger charge is -1.95. The molecular formula is C7H9BrS. The smallest absolute Gasteiger partial charge is 0.0701 e. The molecule has 1 aromatic heterocycles. The molecule has 0 aliphatic rings. The van der Waals surface area contributed by atoms with Crippen LogP contribution in [0.5, 0.6) is 0 Å². The van der Waals surface area contributed by atoms with E-state index in [9.17, 15) is 0 Å². The molecule has 0 fully saturated rings. The summed E-state index contributed by atoms with van der Waals surface area (Å²) in [4.78, 5) is 1.45. The molecule has 0 bridgehead atoms. The third kappa shape index (κ3) is 1.80. The van der Waals surface area contributed by atoms with Gasteiger partial charge >= 0.3 is 0 Å². The van der Waals surface area contributed by atoms with Crippen LogP contribution < -0.4 is 0 Å². The maximum Gasteiger partial charge on any atom is 0.0701 e. The van der Waals surface area contributed by atoms with Crippen LogP contribution in [0.2, 0.25) is 0 Å². The summed E-state index contributed by atoms with van der Waals surface area (Å²) in [5, 5.41) is 0. The van der Waals surface area contributed by atoms with Crippen molar-refractivity contribution < 1.29 is 0 Å². The van der Waals surface area contributed by atoms with E-state index in [0.717, 1.165) is 0 Å². The lowest BCUT2D eigenvalue weighted by atomic mass is 10.2. The van der Waals surface area contributed by atoms with E-state index in [1.165, 1.54) is 8.66 Å². The van der Waals surface area contributed by atoms with Crippen LogP contribution in [0, 0.1) is 0 Å². The second-order valence-corrected chi connectivity index (χ2v) is 4.79. The average molecular weight is 205 g/mol. The van der Waals surface area contributed by atoms with Gasteiger partial charge in [-0.2, -0.15) is 0 Å². The van der Waals surface area contributed by atoms with E-state index in [-0.39, 0.29) is 0 Å². The number of halogens is 1. The Morgan fingerprint density at radius 1 is 1.44 bits per heavy atom. The Bertz CT molecular complexity index is 191. The summed E-state index contributed by atoms with van der Waals surface area (Å²) < 4.78 is 1.23. The summed E-state index contributed by atoms with van der Waals surface area (Å²) in [5.41, 5.74) is 0. The second kappa shape index (κ2) is 2.84. The average Bonchev–Trinajstić information content (AvgIpc) is 2.14. The third-order valence-corrected chi connectivity index (χ3v) is 3.09. The van der Waals surface area contributed by atoms with Gasteiger partial charge in [-0.25, -0.2) is 0 Å². The van der Waals surface area contributed by atoms with E-state index in [0.29, 0.717) is 5.92 Å². The molecule has 1 heterocycles. The quantitative estimate of drug-likeness (QED) is 0.656. The van der Waals surface area contributed by atoms with Crippen molar-refractivity contribution in [1.29, 1.82) is 0 Å². The molecule has 9 heavy (non-hydrogen) atoms. The zero-order chi connectivity index (χ0) is 6.85. The summed E-state index contributed by atoms with van der Waals surface area (Å²) >= 11 is 5.23. The molecule has 0 aliphatic carbocycles. The van der Waals surface area contributed by atoms with Gasteiger partial charge in [0.2, 0.25) is 0 Å². The first-order valence-electron chi connectivity index (χ1n) is 2.95. The predicted molar refractivity (Wildman–Crippen MR) is 46.1 cm³/mol. The molecule has 0 nitrogen and oxygen atoms in total. The number of hydrogen-bond donors (Lipinski definition) is 0. The number of thiophene rings is 1. The van der Waals surface area contributed by atoms with E-state index in [1.54, 1.807) is 0 Å². The fourth-order valence-electron chi connectivity index (χ4n) is 0.639. The molecule has 0 saturated carbocycles. The Labute approximate surface area is 68.0 Å². The van der Waals surface area contributed by atoms with Gasteiger partial charge in [-0.3, -0.25) is 0 Å². The van der Waals surface area contributed by atoms with Crippen molar-refractivity contribution in [2.45, 2.75) is 19.8 Å². The first-order chi connectivity index (χ1) is 4.20. The number of rotatable bonds is 1. The molecule has 0 aliphatic heterocycles. The summed E-state index contributed by atoms with van der Waals surface area (Å²) in [6.07, 6.45) is 0. The van der Waals surface area contributed by atoms with Crippen LogP contribution in [0.1, 0.15) is 24.6 Å². The molecule has 0 aromatic carbocycles. The zero-order valence-electron chi connectivity index (χ0n) is 5.52. The molecule has 50 valence electrons. The van der Waals surface area contributed by atoms with Crippen LogP contribution in [-0.4, -0.2) is 0 Å². The van der Waals surface area contributed by atoms with Gasteiger partial charge < -0.3 is 0 Å². The Hall–Kier alpha value is 0.180. The Morgan fingerprint density at radius 2 is 2.11 bits per heavy atom.